The van der Waals surface area contributed by atoms with Crippen LogP contribution in [0.25, 0.3) is 0 Å². The molecule has 0 radical (unpaired) electrons. The number of urea groups is 1. The number of carbonyl (C=O) groups excluding carboxylic acids is 2. The molecule has 7 heteroatoms. The van der Waals surface area contributed by atoms with Gasteiger partial charge in [0.15, 0.2) is 5.69 Å². The molecule has 1 aromatic carbocycles. The number of anilines is 1. The highest BCUT2D eigenvalue weighted by Gasteiger charge is 2.34. The molecular weight excluding hydrogens is 386 g/mol. The Morgan fingerprint density at radius 2 is 1.83 bits per heavy atom. The number of benzene rings is 1. The zero-order valence-electron chi connectivity index (χ0n) is 17.7. The van der Waals surface area contributed by atoms with Gasteiger partial charge in [-0.15, -0.1) is 11.3 Å². The predicted octanol–water partition coefficient (Wildman–Crippen LogP) is 5.37. The maximum absolute atomic E-state index is 13.2. The van der Waals surface area contributed by atoms with Crippen molar-refractivity contribution >= 4 is 29.0 Å². The van der Waals surface area contributed by atoms with Gasteiger partial charge in [-0.2, -0.15) is 0 Å². The largest absolute Gasteiger partial charge is 0.464 e. The Labute approximate surface area is 176 Å². The molecule has 6 nitrogen and oxygen atoms in total. The minimum absolute atomic E-state index is 0.114. The maximum Gasteiger partial charge on any atom is 0.357 e. The zero-order valence-corrected chi connectivity index (χ0v) is 18.5. The van der Waals surface area contributed by atoms with Crippen LogP contribution in [0.2, 0.25) is 0 Å². The summed E-state index contributed by atoms with van der Waals surface area (Å²) >= 11 is 1.37. The van der Waals surface area contributed by atoms with Crippen molar-refractivity contribution in [2.45, 2.75) is 65.0 Å². The van der Waals surface area contributed by atoms with Crippen molar-refractivity contribution < 1.29 is 14.3 Å². The normalized spacial score (nSPS) is 13.6. The molecule has 1 aliphatic carbocycles. The monoisotopic (exact) mass is 415 g/mol. The second-order valence-electron chi connectivity index (χ2n) is 8.03. The lowest BCUT2D eigenvalue weighted by Gasteiger charge is -2.25. The fraction of sp³-hybridized carbons (Fsp3) is 0.500. The van der Waals surface area contributed by atoms with Crippen molar-refractivity contribution in [1.82, 2.24) is 9.88 Å². The van der Waals surface area contributed by atoms with E-state index in [0.29, 0.717) is 18.4 Å². The van der Waals surface area contributed by atoms with E-state index in [2.05, 4.69) is 56.2 Å². The summed E-state index contributed by atoms with van der Waals surface area (Å²) in [6, 6.07) is 6.32. The van der Waals surface area contributed by atoms with Gasteiger partial charge in [-0.3, -0.25) is 0 Å². The first kappa shape index (κ1) is 21.3. The van der Waals surface area contributed by atoms with Crippen LogP contribution in [0.4, 0.5) is 10.5 Å². The second-order valence-corrected chi connectivity index (χ2v) is 8.97. The molecule has 0 bridgehead atoms. The van der Waals surface area contributed by atoms with E-state index in [4.69, 9.17) is 4.74 Å². The van der Waals surface area contributed by atoms with Crippen molar-refractivity contribution in [2.75, 3.05) is 12.4 Å². The van der Waals surface area contributed by atoms with Gasteiger partial charge in [-0.1, -0.05) is 45.9 Å². The van der Waals surface area contributed by atoms with Crippen molar-refractivity contribution in [3.63, 3.8) is 0 Å². The van der Waals surface area contributed by atoms with Crippen LogP contribution in [0.5, 0.6) is 0 Å². The number of para-hydroxylation sites is 1. The van der Waals surface area contributed by atoms with E-state index in [0.717, 1.165) is 34.7 Å². The van der Waals surface area contributed by atoms with Crippen molar-refractivity contribution in [3.8, 4) is 0 Å². The number of nitrogens with zero attached hydrogens (tertiary/aromatic N) is 2. The Morgan fingerprint density at radius 3 is 2.34 bits per heavy atom. The Morgan fingerprint density at radius 1 is 1.21 bits per heavy atom. The lowest BCUT2D eigenvalue weighted by atomic mass is 9.93. The van der Waals surface area contributed by atoms with E-state index in [-0.39, 0.29) is 17.8 Å². The molecule has 0 aliphatic heterocycles. The summed E-state index contributed by atoms with van der Waals surface area (Å²) in [5, 5.41) is 5.60. The molecule has 1 saturated carbocycles. The van der Waals surface area contributed by atoms with Crippen LogP contribution in [0.15, 0.2) is 23.6 Å². The molecule has 1 heterocycles. The van der Waals surface area contributed by atoms with Crippen LogP contribution in [0.3, 0.4) is 0 Å². The van der Waals surface area contributed by atoms with Gasteiger partial charge < -0.3 is 15.0 Å². The van der Waals surface area contributed by atoms with Crippen LogP contribution in [-0.4, -0.2) is 35.0 Å². The molecule has 0 saturated heterocycles. The van der Waals surface area contributed by atoms with Gasteiger partial charge in [0, 0.05) is 17.1 Å². The molecule has 1 fully saturated rings. The molecule has 0 atom stereocenters. The van der Waals surface area contributed by atoms with Crippen LogP contribution in [-0.2, 0) is 11.3 Å². The number of rotatable bonds is 7. The fourth-order valence-electron chi connectivity index (χ4n) is 3.35. The summed E-state index contributed by atoms with van der Waals surface area (Å²) < 4.78 is 4.72. The van der Waals surface area contributed by atoms with E-state index >= 15 is 0 Å². The summed E-state index contributed by atoms with van der Waals surface area (Å²) in [5.41, 5.74) is 3.49. The van der Waals surface area contributed by atoms with Crippen LogP contribution >= 0.6 is 11.3 Å². The highest BCUT2D eigenvalue weighted by Crippen LogP contribution is 2.34. The number of esters is 1. The first-order valence-corrected chi connectivity index (χ1v) is 10.9. The highest BCUT2D eigenvalue weighted by atomic mass is 32.1. The van der Waals surface area contributed by atoms with Crippen LogP contribution in [0.1, 0.15) is 79.0 Å². The Kier molecular flexibility index (Phi) is 6.57. The summed E-state index contributed by atoms with van der Waals surface area (Å²) in [6.45, 7) is 8.93. The van der Waals surface area contributed by atoms with E-state index in [9.17, 15) is 9.59 Å². The fourth-order valence-corrected chi connectivity index (χ4v) is 4.12. The molecule has 1 aliphatic rings. The highest BCUT2D eigenvalue weighted by molar-refractivity contribution is 7.09. The number of ether oxygens (including phenoxy) is 1. The number of amides is 2. The van der Waals surface area contributed by atoms with Crippen molar-refractivity contribution in [3.05, 3.63) is 45.4 Å². The topological polar surface area (TPSA) is 71.5 Å². The van der Waals surface area contributed by atoms with Gasteiger partial charge in [-0.05, 0) is 35.8 Å². The van der Waals surface area contributed by atoms with Crippen molar-refractivity contribution in [2.24, 2.45) is 0 Å². The Hall–Kier alpha value is -2.41. The second kappa shape index (κ2) is 8.95. The smallest absolute Gasteiger partial charge is 0.357 e. The lowest BCUT2D eigenvalue weighted by Crippen LogP contribution is -2.36. The molecule has 1 N–H and O–H groups in total. The van der Waals surface area contributed by atoms with Gasteiger partial charge in [-0.25, -0.2) is 14.6 Å². The standard InChI is InChI=1S/C22H29N3O3S/c1-13(2)16-7-6-8-17(14(3)4)20(16)24-22(27)25(15-9-10-15)11-19-23-18(12-29-19)21(26)28-5/h6-8,12-15H,9-11H2,1-5H3,(H,24,27). The van der Waals surface area contributed by atoms with E-state index in [1.807, 2.05) is 4.90 Å². The number of aromatic nitrogens is 1. The average Bonchev–Trinajstić information content (AvgIpc) is 3.42. The van der Waals surface area contributed by atoms with Gasteiger partial charge in [0.25, 0.3) is 0 Å². The number of thiazole rings is 1. The molecule has 2 amide bonds. The van der Waals surface area contributed by atoms with Crippen molar-refractivity contribution in [1.29, 1.82) is 0 Å². The van der Waals surface area contributed by atoms with E-state index in [1.165, 1.54) is 18.4 Å². The third kappa shape index (κ3) is 4.96. The minimum Gasteiger partial charge on any atom is -0.464 e. The number of hydrogen-bond acceptors (Lipinski definition) is 5. The third-order valence-electron chi connectivity index (χ3n) is 5.11. The summed E-state index contributed by atoms with van der Waals surface area (Å²) in [4.78, 5) is 31.1. The first-order chi connectivity index (χ1) is 13.8. The molecule has 2 aromatic rings. The van der Waals surface area contributed by atoms with Crippen LogP contribution in [0, 0.1) is 0 Å². The summed E-state index contributed by atoms with van der Waals surface area (Å²) in [6.07, 6.45) is 1.98. The maximum atomic E-state index is 13.2. The van der Waals surface area contributed by atoms with Gasteiger partial charge >= 0.3 is 12.0 Å². The molecule has 3 rings (SSSR count). The lowest BCUT2D eigenvalue weighted by molar-refractivity contribution is 0.0594. The zero-order chi connectivity index (χ0) is 21.1. The SMILES string of the molecule is COC(=O)c1csc(CN(C(=O)Nc2c(C(C)C)cccc2C(C)C)C2CC2)n1. The number of nitrogens with one attached hydrogen (secondary N) is 1. The molecule has 0 unspecified atom stereocenters. The molecular formula is C22H29N3O3S. The van der Waals surface area contributed by atoms with Gasteiger partial charge in [0.1, 0.15) is 5.01 Å². The molecule has 1 aromatic heterocycles. The minimum atomic E-state index is -0.456. The third-order valence-corrected chi connectivity index (χ3v) is 5.94. The van der Waals surface area contributed by atoms with Gasteiger partial charge in [0.2, 0.25) is 0 Å². The summed E-state index contributed by atoms with van der Waals surface area (Å²) in [7, 11) is 1.34. The Balaban J connectivity index is 1.83. The van der Waals surface area contributed by atoms with Gasteiger partial charge in [0.05, 0.1) is 13.7 Å². The van der Waals surface area contributed by atoms with E-state index < -0.39 is 5.97 Å². The quantitative estimate of drug-likeness (QED) is 0.617. The number of methoxy groups -OCH3 is 1. The van der Waals surface area contributed by atoms with Crippen LogP contribution < -0.4 is 5.32 Å². The predicted molar refractivity (Wildman–Crippen MR) is 116 cm³/mol. The molecule has 156 valence electrons. The number of hydrogen-bond donors (Lipinski definition) is 1. The van der Waals surface area contributed by atoms with E-state index in [1.54, 1.807) is 5.38 Å². The Bertz CT molecular complexity index is 861. The number of carbonyl (C=O) groups is 2. The molecule has 29 heavy (non-hydrogen) atoms. The summed E-state index contributed by atoms with van der Waals surface area (Å²) in [5.74, 6) is 0.155. The average molecular weight is 416 g/mol. The molecule has 0 spiro atoms. The first-order valence-electron chi connectivity index (χ1n) is 10.0.